The molecule has 0 atom stereocenters. The Morgan fingerprint density at radius 3 is 2.50 bits per heavy atom. The Labute approximate surface area is 151 Å². The zero-order valence-corrected chi connectivity index (χ0v) is 15.0. The van der Waals surface area contributed by atoms with E-state index in [1.54, 1.807) is 29.2 Å². The second-order valence-corrected chi connectivity index (χ2v) is 7.50. The van der Waals surface area contributed by atoms with Crippen LogP contribution < -0.4 is 9.62 Å². The van der Waals surface area contributed by atoms with Crippen LogP contribution in [0, 0.1) is 0 Å². The molecule has 26 heavy (non-hydrogen) atoms. The van der Waals surface area contributed by atoms with Crippen molar-refractivity contribution in [1.29, 1.82) is 0 Å². The fourth-order valence-electron chi connectivity index (χ4n) is 2.76. The van der Waals surface area contributed by atoms with Crippen LogP contribution in [0.1, 0.15) is 23.2 Å². The van der Waals surface area contributed by atoms with Gasteiger partial charge in [-0.1, -0.05) is 6.07 Å². The molecule has 0 aliphatic carbocycles. The van der Waals surface area contributed by atoms with E-state index >= 15 is 0 Å². The second kappa shape index (κ2) is 7.17. The number of nitrogens with zero attached hydrogens (tertiary/aromatic N) is 1. The molecule has 0 radical (unpaired) electrons. The summed E-state index contributed by atoms with van der Waals surface area (Å²) in [6, 6.07) is 12.2. The van der Waals surface area contributed by atoms with Crippen LogP contribution in [0.2, 0.25) is 0 Å². The van der Waals surface area contributed by atoms with E-state index in [-0.39, 0.29) is 16.4 Å². The Morgan fingerprint density at radius 2 is 1.88 bits per heavy atom. The van der Waals surface area contributed by atoms with Crippen LogP contribution in [-0.4, -0.2) is 33.9 Å². The summed E-state index contributed by atoms with van der Waals surface area (Å²) in [4.78, 5) is 25.0. The van der Waals surface area contributed by atoms with Crippen molar-refractivity contribution < 1.29 is 22.7 Å². The number of amides is 1. The highest BCUT2D eigenvalue weighted by Gasteiger charge is 2.22. The highest BCUT2D eigenvalue weighted by atomic mass is 32.2. The minimum absolute atomic E-state index is 0.0211. The highest BCUT2D eigenvalue weighted by molar-refractivity contribution is 7.92. The summed E-state index contributed by atoms with van der Waals surface area (Å²) in [5, 5.41) is 0. The molecule has 0 bridgehead atoms. The summed E-state index contributed by atoms with van der Waals surface area (Å²) < 4.78 is 32.2. The van der Waals surface area contributed by atoms with Gasteiger partial charge in [-0.15, -0.1) is 0 Å². The maximum Gasteiger partial charge on any atom is 0.337 e. The molecule has 1 aliphatic rings. The molecule has 0 unspecified atom stereocenters. The van der Waals surface area contributed by atoms with Crippen molar-refractivity contribution in [3.63, 3.8) is 0 Å². The standard InChI is InChI=1S/C18H18N2O5S/c1-25-18(22)13-7-9-16(10-8-13)26(23,24)19-14-4-2-5-15(12-14)20-11-3-6-17(20)21/h2,4-5,7-10,12,19H,3,6,11H2,1H3. The van der Waals surface area contributed by atoms with E-state index in [9.17, 15) is 18.0 Å². The second-order valence-electron chi connectivity index (χ2n) is 5.82. The number of benzene rings is 2. The SMILES string of the molecule is COC(=O)c1ccc(S(=O)(=O)Nc2cccc(N3CCCC3=O)c2)cc1. The number of nitrogens with one attached hydrogen (secondary N) is 1. The molecule has 1 saturated heterocycles. The Balaban J connectivity index is 1.81. The molecule has 0 saturated carbocycles. The van der Waals surface area contributed by atoms with Crippen LogP contribution >= 0.6 is 0 Å². The van der Waals surface area contributed by atoms with Crippen LogP contribution in [-0.2, 0) is 19.6 Å². The van der Waals surface area contributed by atoms with Crippen molar-refractivity contribution in [2.75, 3.05) is 23.3 Å². The lowest BCUT2D eigenvalue weighted by Crippen LogP contribution is -2.23. The molecule has 7 nitrogen and oxygen atoms in total. The quantitative estimate of drug-likeness (QED) is 0.811. The number of carbonyl (C=O) groups excluding carboxylic acids is 2. The predicted molar refractivity (Wildman–Crippen MR) is 96.6 cm³/mol. The van der Waals surface area contributed by atoms with E-state index in [2.05, 4.69) is 9.46 Å². The van der Waals surface area contributed by atoms with E-state index < -0.39 is 16.0 Å². The first-order valence-electron chi connectivity index (χ1n) is 8.02. The van der Waals surface area contributed by atoms with Gasteiger partial charge < -0.3 is 9.64 Å². The van der Waals surface area contributed by atoms with Crippen LogP contribution in [0.4, 0.5) is 11.4 Å². The zero-order valence-electron chi connectivity index (χ0n) is 14.1. The fourth-order valence-corrected chi connectivity index (χ4v) is 3.81. The molecule has 2 aromatic carbocycles. The van der Waals surface area contributed by atoms with E-state index in [0.717, 1.165) is 6.42 Å². The monoisotopic (exact) mass is 374 g/mol. The molecule has 0 aromatic heterocycles. The van der Waals surface area contributed by atoms with Crippen molar-refractivity contribution in [1.82, 2.24) is 0 Å². The number of hydrogen-bond donors (Lipinski definition) is 1. The predicted octanol–water partition coefficient (Wildman–Crippen LogP) is 2.40. The summed E-state index contributed by atoms with van der Waals surface area (Å²) in [7, 11) is -2.57. The summed E-state index contributed by atoms with van der Waals surface area (Å²) in [5.74, 6) is -0.506. The van der Waals surface area contributed by atoms with Gasteiger partial charge in [-0.2, -0.15) is 0 Å². The number of ether oxygens (including phenoxy) is 1. The van der Waals surface area contributed by atoms with Crippen molar-refractivity contribution in [3.05, 3.63) is 54.1 Å². The Kier molecular flexibility index (Phi) is 4.94. The van der Waals surface area contributed by atoms with E-state index in [1.807, 2.05) is 0 Å². The van der Waals surface area contributed by atoms with Gasteiger partial charge in [-0.3, -0.25) is 9.52 Å². The molecule has 2 aromatic rings. The molecule has 8 heteroatoms. The van der Waals surface area contributed by atoms with Gasteiger partial charge >= 0.3 is 5.97 Å². The Morgan fingerprint density at radius 1 is 1.15 bits per heavy atom. The Bertz CT molecular complexity index is 938. The molecular weight excluding hydrogens is 356 g/mol. The first-order chi connectivity index (χ1) is 12.4. The maximum absolute atomic E-state index is 12.5. The van der Waals surface area contributed by atoms with Crippen LogP contribution in [0.3, 0.4) is 0 Å². The third-order valence-electron chi connectivity index (χ3n) is 4.07. The zero-order chi connectivity index (χ0) is 18.7. The number of carbonyl (C=O) groups is 2. The maximum atomic E-state index is 12.5. The molecule has 0 spiro atoms. The van der Waals surface area contributed by atoms with Crippen LogP contribution in [0.15, 0.2) is 53.4 Å². The summed E-state index contributed by atoms with van der Waals surface area (Å²) in [5.41, 5.74) is 1.29. The summed E-state index contributed by atoms with van der Waals surface area (Å²) >= 11 is 0. The topological polar surface area (TPSA) is 92.8 Å². The van der Waals surface area contributed by atoms with Gasteiger partial charge in [0.15, 0.2) is 0 Å². The van der Waals surface area contributed by atoms with Gasteiger partial charge in [0.25, 0.3) is 10.0 Å². The number of sulfonamides is 1. The lowest BCUT2D eigenvalue weighted by Gasteiger charge is -2.17. The van der Waals surface area contributed by atoms with E-state index in [1.165, 1.54) is 31.4 Å². The van der Waals surface area contributed by atoms with Crippen molar-refractivity contribution in [2.24, 2.45) is 0 Å². The number of rotatable bonds is 5. The molecule has 1 aliphatic heterocycles. The van der Waals surface area contributed by atoms with Gasteiger partial charge in [0.1, 0.15) is 0 Å². The van der Waals surface area contributed by atoms with Gasteiger partial charge in [-0.25, -0.2) is 13.2 Å². The molecular formula is C18H18N2O5S. The van der Waals surface area contributed by atoms with Gasteiger partial charge in [0.05, 0.1) is 23.3 Å². The molecule has 1 heterocycles. The number of hydrogen-bond acceptors (Lipinski definition) is 5. The highest BCUT2D eigenvalue weighted by Crippen LogP contribution is 2.25. The van der Waals surface area contributed by atoms with Gasteiger partial charge in [0, 0.05) is 18.7 Å². The lowest BCUT2D eigenvalue weighted by molar-refractivity contribution is -0.117. The third-order valence-corrected chi connectivity index (χ3v) is 5.47. The number of methoxy groups -OCH3 is 1. The first kappa shape index (κ1) is 17.9. The minimum Gasteiger partial charge on any atom is -0.465 e. The molecule has 1 N–H and O–H groups in total. The van der Waals surface area contributed by atoms with Crippen molar-refractivity contribution >= 4 is 33.3 Å². The van der Waals surface area contributed by atoms with Crippen molar-refractivity contribution in [2.45, 2.75) is 17.7 Å². The molecule has 1 fully saturated rings. The van der Waals surface area contributed by atoms with Crippen LogP contribution in [0.25, 0.3) is 0 Å². The average Bonchev–Trinajstić information content (AvgIpc) is 3.07. The van der Waals surface area contributed by atoms with Gasteiger partial charge in [-0.05, 0) is 48.9 Å². The van der Waals surface area contributed by atoms with Gasteiger partial charge in [0.2, 0.25) is 5.91 Å². The minimum atomic E-state index is -3.82. The summed E-state index contributed by atoms with van der Waals surface area (Å²) in [6.07, 6.45) is 1.30. The average molecular weight is 374 g/mol. The summed E-state index contributed by atoms with van der Waals surface area (Å²) in [6.45, 7) is 0.629. The lowest BCUT2D eigenvalue weighted by atomic mass is 10.2. The first-order valence-corrected chi connectivity index (χ1v) is 9.51. The normalized spacial score (nSPS) is 14.3. The molecule has 1 amide bonds. The van der Waals surface area contributed by atoms with E-state index in [4.69, 9.17) is 0 Å². The molecule has 136 valence electrons. The van der Waals surface area contributed by atoms with Crippen molar-refractivity contribution in [3.8, 4) is 0 Å². The molecule has 3 rings (SSSR count). The number of esters is 1. The largest absolute Gasteiger partial charge is 0.465 e. The van der Waals surface area contributed by atoms with Crippen LogP contribution in [0.5, 0.6) is 0 Å². The number of anilines is 2. The Hall–Kier alpha value is -2.87. The van der Waals surface area contributed by atoms with E-state index in [0.29, 0.717) is 24.3 Å². The third kappa shape index (κ3) is 3.70. The fraction of sp³-hybridized carbons (Fsp3) is 0.222. The smallest absolute Gasteiger partial charge is 0.337 e.